The van der Waals surface area contributed by atoms with Crippen LogP contribution < -0.4 is 5.32 Å². The van der Waals surface area contributed by atoms with Gasteiger partial charge in [0.15, 0.2) is 0 Å². The van der Waals surface area contributed by atoms with Crippen molar-refractivity contribution in [1.82, 2.24) is 10.2 Å². The Bertz CT molecular complexity index is 232. The molecule has 2 aliphatic rings. The zero-order chi connectivity index (χ0) is 11.9. The fourth-order valence-corrected chi connectivity index (χ4v) is 2.60. The van der Waals surface area contributed by atoms with Crippen LogP contribution in [-0.4, -0.2) is 49.7 Å². The number of nitrogens with zero attached hydrogens (tertiary/aromatic N) is 1. The van der Waals surface area contributed by atoms with E-state index in [0.29, 0.717) is 0 Å². The molecule has 1 amide bonds. The third kappa shape index (κ3) is 4.28. The lowest BCUT2D eigenvalue weighted by atomic mass is 10.2. The van der Waals surface area contributed by atoms with E-state index >= 15 is 0 Å². The minimum Gasteiger partial charge on any atom is -0.368 e. The summed E-state index contributed by atoms with van der Waals surface area (Å²) in [5.41, 5.74) is 0. The standard InChI is InChI=1S/C13H24N2O2/c16-13(12-6-5-11-17-12)14-7-10-15-8-3-1-2-4-9-15/h12H,1-11H2,(H,14,16). The molecule has 1 N–H and O–H groups in total. The van der Waals surface area contributed by atoms with Crippen LogP contribution in [0.1, 0.15) is 38.5 Å². The summed E-state index contributed by atoms with van der Waals surface area (Å²) in [4.78, 5) is 14.2. The Balaban J connectivity index is 1.59. The summed E-state index contributed by atoms with van der Waals surface area (Å²) >= 11 is 0. The zero-order valence-electron chi connectivity index (χ0n) is 10.6. The molecule has 0 aliphatic carbocycles. The monoisotopic (exact) mass is 240 g/mol. The van der Waals surface area contributed by atoms with Gasteiger partial charge >= 0.3 is 0 Å². The Hall–Kier alpha value is -0.610. The van der Waals surface area contributed by atoms with Gasteiger partial charge in [0.25, 0.3) is 0 Å². The van der Waals surface area contributed by atoms with Gasteiger partial charge in [-0.25, -0.2) is 0 Å². The molecular formula is C13H24N2O2. The largest absolute Gasteiger partial charge is 0.368 e. The summed E-state index contributed by atoms with van der Waals surface area (Å²) in [6, 6.07) is 0. The topological polar surface area (TPSA) is 41.6 Å². The van der Waals surface area contributed by atoms with Crippen molar-refractivity contribution in [3.05, 3.63) is 0 Å². The smallest absolute Gasteiger partial charge is 0.249 e. The van der Waals surface area contributed by atoms with Crippen molar-refractivity contribution in [2.24, 2.45) is 0 Å². The Morgan fingerprint density at radius 2 is 1.94 bits per heavy atom. The Labute approximate surface area is 104 Å². The molecule has 0 aromatic rings. The Morgan fingerprint density at radius 3 is 2.59 bits per heavy atom. The summed E-state index contributed by atoms with van der Waals surface area (Å²) in [6.45, 7) is 4.87. The van der Waals surface area contributed by atoms with Crippen LogP contribution in [0.3, 0.4) is 0 Å². The molecule has 2 fully saturated rings. The van der Waals surface area contributed by atoms with Crippen LogP contribution in [-0.2, 0) is 9.53 Å². The van der Waals surface area contributed by atoms with Crippen LogP contribution in [0.15, 0.2) is 0 Å². The molecule has 0 bridgehead atoms. The first-order chi connectivity index (χ1) is 8.36. The van der Waals surface area contributed by atoms with Gasteiger partial charge in [-0.3, -0.25) is 4.79 Å². The van der Waals surface area contributed by atoms with Gasteiger partial charge in [0, 0.05) is 19.7 Å². The number of hydrogen-bond donors (Lipinski definition) is 1. The average molecular weight is 240 g/mol. The Kier molecular flexibility index (Phi) is 5.26. The van der Waals surface area contributed by atoms with E-state index in [1.807, 2.05) is 0 Å². The van der Waals surface area contributed by atoms with Crippen LogP contribution >= 0.6 is 0 Å². The third-order valence-electron chi connectivity index (χ3n) is 3.65. The maximum Gasteiger partial charge on any atom is 0.249 e. The SMILES string of the molecule is O=C(NCCN1CCCCCC1)C1CCCO1. The van der Waals surface area contributed by atoms with Gasteiger partial charge in [0.05, 0.1) is 0 Å². The maximum atomic E-state index is 11.7. The summed E-state index contributed by atoms with van der Waals surface area (Å²) in [6.07, 6.45) is 7.05. The van der Waals surface area contributed by atoms with Gasteiger partial charge in [0.1, 0.15) is 6.10 Å². The quantitative estimate of drug-likeness (QED) is 0.801. The summed E-state index contributed by atoms with van der Waals surface area (Å²) < 4.78 is 5.35. The van der Waals surface area contributed by atoms with Crippen molar-refractivity contribution in [2.45, 2.75) is 44.6 Å². The van der Waals surface area contributed by atoms with Crippen molar-refractivity contribution < 1.29 is 9.53 Å². The van der Waals surface area contributed by atoms with Gasteiger partial charge in [0.2, 0.25) is 5.91 Å². The second-order valence-corrected chi connectivity index (χ2v) is 5.05. The summed E-state index contributed by atoms with van der Waals surface area (Å²) in [7, 11) is 0. The molecule has 2 aliphatic heterocycles. The predicted molar refractivity (Wildman–Crippen MR) is 66.9 cm³/mol. The second kappa shape index (κ2) is 6.97. The molecule has 2 heterocycles. The van der Waals surface area contributed by atoms with Crippen LogP contribution in [0.5, 0.6) is 0 Å². The maximum absolute atomic E-state index is 11.7. The fraction of sp³-hybridized carbons (Fsp3) is 0.923. The van der Waals surface area contributed by atoms with Gasteiger partial charge in [-0.05, 0) is 38.8 Å². The van der Waals surface area contributed by atoms with E-state index in [1.165, 1.54) is 38.8 Å². The molecule has 17 heavy (non-hydrogen) atoms. The van der Waals surface area contributed by atoms with Crippen molar-refractivity contribution in [2.75, 3.05) is 32.8 Å². The molecule has 0 spiro atoms. The highest BCUT2D eigenvalue weighted by Crippen LogP contribution is 2.12. The fourth-order valence-electron chi connectivity index (χ4n) is 2.60. The van der Waals surface area contributed by atoms with Crippen LogP contribution in [0, 0.1) is 0 Å². The van der Waals surface area contributed by atoms with E-state index < -0.39 is 0 Å². The number of amides is 1. The molecule has 98 valence electrons. The van der Waals surface area contributed by atoms with Gasteiger partial charge in [-0.1, -0.05) is 12.8 Å². The molecule has 4 heteroatoms. The number of ether oxygens (including phenoxy) is 1. The number of rotatable bonds is 4. The molecule has 1 unspecified atom stereocenters. The minimum atomic E-state index is -0.181. The molecular weight excluding hydrogens is 216 g/mol. The summed E-state index contributed by atoms with van der Waals surface area (Å²) in [5, 5.41) is 2.99. The number of carbonyl (C=O) groups excluding carboxylic acids is 1. The van der Waals surface area contributed by atoms with Crippen LogP contribution in [0.2, 0.25) is 0 Å². The average Bonchev–Trinajstić information content (AvgIpc) is 2.75. The Morgan fingerprint density at radius 1 is 1.18 bits per heavy atom. The molecule has 0 saturated carbocycles. The molecule has 0 aromatic heterocycles. The van der Waals surface area contributed by atoms with Crippen molar-refractivity contribution in [3.8, 4) is 0 Å². The number of nitrogens with one attached hydrogen (secondary N) is 1. The molecule has 0 radical (unpaired) electrons. The lowest BCUT2D eigenvalue weighted by molar-refractivity contribution is -0.130. The van der Waals surface area contributed by atoms with Gasteiger partial charge < -0.3 is 15.0 Å². The predicted octanol–water partition coefficient (Wildman–Crippen LogP) is 1.16. The van der Waals surface area contributed by atoms with E-state index in [2.05, 4.69) is 10.2 Å². The zero-order valence-corrected chi connectivity index (χ0v) is 10.6. The van der Waals surface area contributed by atoms with E-state index in [9.17, 15) is 4.79 Å². The highest BCUT2D eigenvalue weighted by Gasteiger charge is 2.23. The number of likely N-dealkylation sites (tertiary alicyclic amines) is 1. The van der Waals surface area contributed by atoms with E-state index in [-0.39, 0.29) is 12.0 Å². The molecule has 4 nitrogen and oxygen atoms in total. The van der Waals surface area contributed by atoms with Gasteiger partial charge in [-0.15, -0.1) is 0 Å². The highest BCUT2D eigenvalue weighted by atomic mass is 16.5. The molecule has 1 atom stereocenters. The third-order valence-corrected chi connectivity index (χ3v) is 3.65. The van der Waals surface area contributed by atoms with Crippen molar-refractivity contribution in [1.29, 1.82) is 0 Å². The lowest BCUT2D eigenvalue weighted by Gasteiger charge is -2.20. The summed E-state index contributed by atoms with van der Waals surface area (Å²) in [5.74, 6) is 0.0809. The van der Waals surface area contributed by atoms with E-state index in [4.69, 9.17) is 4.74 Å². The van der Waals surface area contributed by atoms with E-state index in [0.717, 1.165) is 32.5 Å². The first-order valence-corrected chi connectivity index (χ1v) is 6.98. The van der Waals surface area contributed by atoms with Crippen molar-refractivity contribution >= 4 is 5.91 Å². The van der Waals surface area contributed by atoms with Crippen molar-refractivity contribution in [3.63, 3.8) is 0 Å². The minimum absolute atomic E-state index is 0.0809. The number of carbonyl (C=O) groups is 1. The number of hydrogen-bond acceptors (Lipinski definition) is 3. The van der Waals surface area contributed by atoms with E-state index in [1.54, 1.807) is 0 Å². The normalized spacial score (nSPS) is 26.7. The molecule has 2 saturated heterocycles. The highest BCUT2D eigenvalue weighted by molar-refractivity contribution is 5.80. The molecule has 2 rings (SSSR count). The first kappa shape index (κ1) is 12.8. The van der Waals surface area contributed by atoms with Crippen LogP contribution in [0.4, 0.5) is 0 Å². The van der Waals surface area contributed by atoms with Gasteiger partial charge in [-0.2, -0.15) is 0 Å². The van der Waals surface area contributed by atoms with Crippen LogP contribution in [0.25, 0.3) is 0 Å². The first-order valence-electron chi connectivity index (χ1n) is 6.98. The lowest BCUT2D eigenvalue weighted by Crippen LogP contribution is -2.39. The second-order valence-electron chi connectivity index (χ2n) is 5.05. The molecule has 0 aromatic carbocycles.